The van der Waals surface area contributed by atoms with Gasteiger partial charge in [0.2, 0.25) is 0 Å². The molecule has 38 heavy (non-hydrogen) atoms. The maximum absolute atomic E-state index is 13.4. The van der Waals surface area contributed by atoms with Crippen LogP contribution in [0.25, 0.3) is 0 Å². The molecule has 0 bridgehead atoms. The van der Waals surface area contributed by atoms with Crippen LogP contribution in [0.1, 0.15) is 48.8 Å². The lowest BCUT2D eigenvalue weighted by molar-refractivity contribution is 0.0410. The van der Waals surface area contributed by atoms with Crippen molar-refractivity contribution in [1.82, 2.24) is 9.80 Å². The first-order chi connectivity index (χ1) is 18.6. The van der Waals surface area contributed by atoms with Gasteiger partial charge in [0.15, 0.2) is 0 Å². The Bertz CT molecular complexity index is 1140. The van der Waals surface area contributed by atoms with Gasteiger partial charge in [0.05, 0.1) is 7.11 Å². The molecule has 0 radical (unpaired) electrons. The Balaban J connectivity index is 1.30. The third-order valence-corrected chi connectivity index (χ3v) is 8.40. The molecule has 0 saturated carbocycles. The number of benzene rings is 3. The SMILES string of the molecule is COc1ccc(CN2CCOc3ccccc3CCCCC3(CCN(Cc4ccc(F)cc4)CC3)C2)cc1. The number of hydrogen-bond acceptors (Lipinski definition) is 4. The summed E-state index contributed by atoms with van der Waals surface area (Å²) in [6.45, 7) is 6.68. The molecule has 1 saturated heterocycles. The smallest absolute Gasteiger partial charge is 0.123 e. The highest BCUT2D eigenvalue weighted by Crippen LogP contribution is 2.39. The fraction of sp³-hybridized carbons (Fsp3) is 0.455. The van der Waals surface area contributed by atoms with Crippen molar-refractivity contribution >= 4 is 0 Å². The molecule has 0 aliphatic carbocycles. The van der Waals surface area contributed by atoms with Crippen LogP contribution in [-0.2, 0) is 19.5 Å². The fourth-order valence-corrected chi connectivity index (χ4v) is 6.15. The zero-order valence-corrected chi connectivity index (χ0v) is 22.7. The molecular formula is C33H41FN2O2. The molecule has 202 valence electrons. The number of fused-ring (bicyclic) bond motifs is 1. The predicted octanol–water partition coefficient (Wildman–Crippen LogP) is 6.72. The van der Waals surface area contributed by atoms with Crippen LogP contribution < -0.4 is 9.47 Å². The Kier molecular flexibility index (Phi) is 8.98. The first-order valence-corrected chi connectivity index (χ1v) is 14.1. The zero-order chi connectivity index (χ0) is 26.2. The van der Waals surface area contributed by atoms with Gasteiger partial charge in [-0.25, -0.2) is 4.39 Å². The number of rotatable bonds is 5. The van der Waals surface area contributed by atoms with Crippen LogP contribution in [0.3, 0.4) is 0 Å². The van der Waals surface area contributed by atoms with Gasteiger partial charge in [-0.2, -0.15) is 0 Å². The van der Waals surface area contributed by atoms with Gasteiger partial charge in [0.1, 0.15) is 23.9 Å². The Hall–Kier alpha value is -2.89. The summed E-state index contributed by atoms with van der Waals surface area (Å²) in [4.78, 5) is 5.16. The number of methoxy groups -OCH3 is 1. The number of para-hydroxylation sites is 1. The molecule has 2 aliphatic rings. The van der Waals surface area contributed by atoms with Gasteiger partial charge in [-0.05, 0) is 97.6 Å². The fourth-order valence-electron chi connectivity index (χ4n) is 6.15. The summed E-state index contributed by atoms with van der Waals surface area (Å²) in [7, 11) is 1.72. The molecule has 1 spiro atoms. The summed E-state index contributed by atoms with van der Waals surface area (Å²) in [6, 6.07) is 24.0. The molecule has 0 amide bonds. The Morgan fingerprint density at radius 3 is 2.21 bits per heavy atom. The van der Waals surface area contributed by atoms with Crippen LogP contribution in [-0.4, -0.2) is 49.7 Å². The Morgan fingerprint density at radius 2 is 1.47 bits per heavy atom. The highest BCUT2D eigenvalue weighted by Gasteiger charge is 2.36. The van der Waals surface area contributed by atoms with E-state index in [0.29, 0.717) is 12.0 Å². The summed E-state index contributed by atoms with van der Waals surface area (Å²) in [5, 5.41) is 0. The minimum absolute atomic E-state index is 0.164. The van der Waals surface area contributed by atoms with Crippen LogP contribution in [0.2, 0.25) is 0 Å². The number of halogens is 1. The monoisotopic (exact) mass is 516 g/mol. The van der Waals surface area contributed by atoms with Crippen molar-refractivity contribution < 1.29 is 13.9 Å². The average Bonchev–Trinajstić information content (AvgIpc) is 2.94. The molecule has 3 aromatic carbocycles. The second-order valence-corrected chi connectivity index (χ2v) is 11.1. The van der Waals surface area contributed by atoms with E-state index in [-0.39, 0.29) is 5.82 Å². The predicted molar refractivity (Wildman–Crippen MR) is 151 cm³/mol. The number of likely N-dealkylation sites (tertiary alicyclic amines) is 1. The maximum Gasteiger partial charge on any atom is 0.123 e. The van der Waals surface area contributed by atoms with E-state index in [1.54, 1.807) is 19.2 Å². The standard InChI is InChI=1S/C33H41FN2O2/c1-37-31-15-11-28(12-16-31)25-36-22-23-38-32-8-3-2-6-29(32)7-4-5-17-33(26-36)18-20-35(21-19-33)24-27-9-13-30(34)14-10-27/h2-3,6,8-16H,4-5,7,17-26H2,1H3. The molecule has 0 atom stereocenters. The van der Waals surface area contributed by atoms with Crippen LogP contribution in [0.4, 0.5) is 4.39 Å². The van der Waals surface area contributed by atoms with Gasteiger partial charge in [-0.15, -0.1) is 0 Å². The largest absolute Gasteiger partial charge is 0.497 e. The normalized spacial score (nSPS) is 19.1. The van der Waals surface area contributed by atoms with Gasteiger partial charge in [0, 0.05) is 26.2 Å². The highest BCUT2D eigenvalue weighted by atomic mass is 19.1. The lowest BCUT2D eigenvalue weighted by atomic mass is 9.73. The second kappa shape index (κ2) is 12.8. The van der Waals surface area contributed by atoms with E-state index in [9.17, 15) is 4.39 Å². The topological polar surface area (TPSA) is 24.9 Å². The van der Waals surface area contributed by atoms with Crippen molar-refractivity contribution in [3.8, 4) is 11.5 Å². The molecule has 0 unspecified atom stereocenters. The first kappa shape index (κ1) is 26.7. The van der Waals surface area contributed by atoms with Crippen LogP contribution in [0, 0.1) is 11.2 Å². The summed E-state index contributed by atoms with van der Waals surface area (Å²) >= 11 is 0. The van der Waals surface area contributed by atoms with Crippen LogP contribution in [0.5, 0.6) is 11.5 Å². The molecule has 1 fully saturated rings. The maximum atomic E-state index is 13.4. The van der Waals surface area contributed by atoms with Crippen molar-refractivity contribution in [2.75, 3.05) is 39.9 Å². The number of ether oxygens (including phenoxy) is 2. The molecule has 3 aromatic rings. The zero-order valence-electron chi connectivity index (χ0n) is 22.7. The molecule has 5 heteroatoms. The molecule has 0 aromatic heterocycles. The molecule has 2 heterocycles. The number of nitrogens with zero attached hydrogens (tertiary/aromatic N) is 2. The number of hydrogen-bond donors (Lipinski definition) is 0. The Morgan fingerprint density at radius 1 is 0.789 bits per heavy atom. The van der Waals surface area contributed by atoms with Gasteiger partial charge in [0.25, 0.3) is 0 Å². The molecule has 4 nitrogen and oxygen atoms in total. The summed E-state index contributed by atoms with van der Waals surface area (Å²) in [5.74, 6) is 1.77. The highest BCUT2D eigenvalue weighted by molar-refractivity contribution is 5.33. The van der Waals surface area contributed by atoms with Crippen molar-refractivity contribution in [2.24, 2.45) is 5.41 Å². The van der Waals surface area contributed by atoms with E-state index in [0.717, 1.165) is 57.2 Å². The van der Waals surface area contributed by atoms with Crippen LogP contribution in [0.15, 0.2) is 72.8 Å². The minimum Gasteiger partial charge on any atom is -0.497 e. The number of aryl methyl sites for hydroxylation is 1. The molecule has 0 N–H and O–H groups in total. The summed E-state index contributed by atoms with van der Waals surface area (Å²) < 4.78 is 25.1. The third kappa shape index (κ3) is 7.15. The van der Waals surface area contributed by atoms with Gasteiger partial charge in [-0.3, -0.25) is 9.80 Å². The van der Waals surface area contributed by atoms with Crippen molar-refractivity contribution in [1.29, 1.82) is 0 Å². The van der Waals surface area contributed by atoms with E-state index >= 15 is 0 Å². The second-order valence-electron chi connectivity index (χ2n) is 11.1. The van der Waals surface area contributed by atoms with E-state index in [2.05, 4.69) is 58.3 Å². The lowest BCUT2D eigenvalue weighted by Gasteiger charge is -2.45. The van der Waals surface area contributed by atoms with Gasteiger partial charge in [-0.1, -0.05) is 48.9 Å². The summed E-state index contributed by atoms with van der Waals surface area (Å²) in [5.41, 5.74) is 4.14. The van der Waals surface area contributed by atoms with Gasteiger partial charge >= 0.3 is 0 Å². The molecular weight excluding hydrogens is 475 g/mol. The Labute approximate surface area is 227 Å². The molecule has 2 aliphatic heterocycles. The van der Waals surface area contributed by atoms with Crippen molar-refractivity contribution in [3.05, 3.63) is 95.3 Å². The van der Waals surface area contributed by atoms with E-state index in [1.165, 1.54) is 48.8 Å². The third-order valence-electron chi connectivity index (χ3n) is 8.40. The summed E-state index contributed by atoms with van der Waals surface area (Å²) in [6.07, 6.45) is 7.18. The average molecular weight is 517 g/mol. The van der Waals surface area contributed by atoms with Crippen molar-refractivity contribution in [3.63, 3.8) is 0 Å². The van der Waals surface area contributed by atoms with Crippen LogP contribution >= 0.6 is 0 Å². The van der Waals surface area contributed by atoms with Crippen molar-refractivity contribution in [2.45, 2.75) is 51.6 Å². The van der Waals surface area contributed by atoms with E-state index < -0.39 is 0 Å². The quantitative estimate of drug-likeness (QED) is 0.376. The van der Waals surface area contributed by atoms with Gasteiger partial charge < -0.3 is 9.47 Å². The lowest BCUT2D eigenvalue weighted by Crippen LogP contribution is -2.46. The molecule has 5 rings (SSSR count). The van der Waals surface area contributed by atoms with E-state index in [4.69, 9.17) is 9.47 Å². The van der Waals surface area contributed by atoms with E-state index in [1.807, 2.05) is 12.1 Å². The minimum atomic E-state index is -0.164. The first-order valence-electron chi connectivity index (χ1n) is 14.1. The number of piperidine rings is 1.